The van der Waals surface area contributed by atoms with Crippen LogP contribution < -0.4 is 5.73 Å². The smallest absolute Gasteiger partial charge is 0.472 e. The number of phosphoric acid groups is 1. The molecule has 0 rings (SSSR count). The summed E-state index contributed by atoms with van der Waals surface area (Å²) in [5.74, 6) is -0.437. The van der Waals surface area contributed by atoms with E-state index < -0.39 is 26.0 Å². The summed E-state index contributed by atoms with van der Waals surface area (Å²) in [5, 5.41) is 10.0. The van der Waals surface area contributed by atoms with Gasteiger partial charge in [0.15, 0.2) is 6.10 Å². The number of aliphatic hydroxyl groups is 1. The highest BCUT2D eigenvalue weighted by Gasteiger charge is 2.25. The topological polar surface area (TPSA) is 138 Å². The molecule has 0 aromatic rings. The van der Waals surface area contributed by atoms with Crippen molar-refractivity contribution in [2.45, 2.75) is 167 Å². The fourth-order valence-corrected chi connectivity index (χ4v) is 5.91. The second kappa shape index (κ2) is 39.4. The summed E-state index contributed by atoms with van der Waals surface area (Å²) in [6.07, 6.45) is 46.1. The van der Waals surface area contributed by atoms with E-state index in [4.69, 9.17) is 24.3 Å². The van der Waals surface area contributed by atoms with Crippen LogP contribution in [0.3, 0.4) is 0 Å². The van der Waals surface area contributed by atoms with Gasteiger partial charge in [0.2, 0.25) is 0 Å². The normalized spacial score (nSPS) is 14.8. The minimum absolute atomic E-state index is 0.0141. The average Bonchev–Trinajstić information content (AvgIpc) is 3.14. The van der Waals surface area contributed by atoms with Crippen molar-refractivity contribution in [1.82, 2.24) is 0 Å². The van der Waals surface area contributed by atoms with Crippen LogP contribution in [0.25, 0.3) is 0 Å². The van der Waals surface area contributed by atoms with Crippen molar-refractivity contribution in [3.63, 3.8) is 0 Å². The number of nitrogens with two attached hydrogens (primary N) is 1. The maximum absolute atomic E-state index is 12.5. The van der Waals surface area contributed by atoms with Gasteiger partial charge in [0.25, 0.3) is 0 Å². The molecule has 53 heavy (non-hydrogen) atoms. The summed E-state index contributed by atoms with van der Waals surface area (Å²) in [5.41, 5.74) is 5.35. The molecule has 0 heterocycles. The number of carbonyl (C=O) groups excluding carboxylic acids is 1. The fourth-order valence-electron chi connectivity index (χ4n) is 5.15. The molecule has 306 valence electrons. The predicted molar refractivity (Wildman–Crippen MR) is 220 cm³/mol. The van der Waals surface area contributed by atoms with Crippen molar-refractivity contribution in [2.75, 3.05) is 26.4 Å². The van der Waals surface area contributed by atoms with Gasteiger partial charge >= 0.3 is 13.8 Å². The van der Waals surface area contributed by atoms with Crippen LogP contribution in [-0.2, 0) is 27.9 Å². The third-order valence-electron chi connectivity index (χ3n) is 8.24. The summed E-state index contributed by atoms with van der Waals surface area (Å²) in [6, 6.07) is 0. The third kappa shape index (κ3) is 39.3. The summed E-state index contributed by atoms with van der Waals surface area (Å²) < 4.78 is 33.0. The van der Waals surface area contributed by atoms with E-state index in [1.807, 2.05) is 42.5 Å². The molecule has 0 aliphatic rings. The Balaban J connectivity index is 4.31. The number of carbonyl (C=O) groups is 1. The highest BCUT2D eigenvalue weighted by molar-refractivity contribution is 7.47. The minimum Gasteiger partial charge on any atom is -0.498 e. The molecular weight excluding hydrogens is 689 g/mol. The first kappa shape index (κ1) is 50.7. The van der Waals surface area contributed by atoms with Gasteiger partial charge in [-0.1, -0.05) is 132 Å². The molecule has 10 heteroatoms. The second-order valence-corrected chi connectivity index (χ2v) is 14.9. The first-order valence-corrected chi connectivity index (χ1v) is 22.1. The summed E-state index contributed by atoms with van der Waals surface area (Å²) in [6.45, 7) is 4.01. The molecule has 0 aliphatic heterocycles. The molecule has 0 fully saturated rings. The summed E-state index contributed by atoms with van der Waals surface area (Å²) in [4.78, 5) is 22.4. The van der Waals surface area contributed by atoms with Crippen molar-refractivity contribution in [1.29, 1.82) is 0 Å². The van der Waals surface area contributed by atoms with E-state index in [-0.39, 0.29) is 32.8 Å². The summed E-state index contributed by atoms with van der Waals surface area (Å²) >= 11 is 0. The Kier molecular flexibility index (Phi) is 37.8. The van der Waals surface area contributed by atoms with Crippen molar-refractivity contribution in [3.05, 3.63) is 73.1 Å². The molecule has 0 saturated carbocycles. The van der Waals surface area contributed by atoms with Crippen LogP contribution >= 0.6 is 7.82 Å². The number of aliphatic hydroxyl groups excluding tert-OH is 1. The molecule has 0 aromatic carbocycles. The fraction of sp³-hybridized carbons (Fsp3) is 0.698. The molecule has 0 saturated heterocycles. The molecule has 0 amide bonds. The molecule has 0 radical (unpaired) electrons. The van der Waals surface area contributed by atoms with Crippen molar-refractivity contribution in [2.24, 2.45) is 5.73 Å². The van der Waals surface area contributed by atoms with Gasteiger partial charge < -0.3 is 25.2 Å². The molecule has 0 spiro atoms. The van der Waals surface area contributed by atoms with Crippen molar-refractivity contribution in [3.8, 4) is 0 Å². The zero-order valence-corrected chi connectivity index (χ0v) is 34.2. The van der Waals surface area contributed by atoms with Gasteiger partial charge in [-0.25, -0.2) is 4.57 Å². The third-order valence-corrected chi connectivity index (χ3v) is 9.22. The Bertz CT molecular complexity index is 1050. The number of hydrogen-bond acceptors (Lipinski definition) is 8. The SMILES string of the molecule is CCCCC/C=C\C[C@H](O)/C=C/C=C\C/C=C\CCCC(=O)O[C@H](CO/C=C/CCCCCCCC/C=C\CCCCCC)COP(=O)(O)OCCN. The largest absolute Gasteiger partial charge is 0.498 e. The maximum Gasteiger partial charge on any atom is 0.472 e. The van der Waals surface area contributed by atoms with Crippen LogP contribution in [0.2, 0.25) is 0 Å². The Morgan fingerprint density at radius 2 is 1.25 bits per heavy atom. The van der Waals surface area contributed by atoms with Crippen LogP contribution in [0, 0.1) is 0 Å². The lowest BCUT2D eigenvalue weighted by Gasteiger charge is -2.19. The van der Waals surface area contributed by atoms with Crippen LogP contribution in [0.4, 0.5) is 0 Å². The number of unbranched alkanes of at least 4 members (excludes halogenated alkanes) is 15. The number of phosphoric ester groups is 1. The number of hydrogen-bond donors (Lipinski definition) is 3. The van der Waals surface area contributed by atoms with E-state index in [0.29, 0.717) is 19.3 Å². The molecule has 0 aliphatic carbocycles. The standard InChI is InChI=1S/C43H76NO8P/c1-3-5-7-9-11-12-13-14-15-16-17-18-21-24-28-32-37-49-39-42(40-51-53(47,48)50-38-36-44)52-43(46)35-31-27-23-20-19-22-26-30-34-41(45)33-29-25-10-8-6-4-2/h12-13,20,22-23,25-26,29-30,32,34,37,41-42,45H,3-11,14-19,21,24,27-28,31,33,35-36,38-40,44H2,1-2H3,(H,47,48)/b13-12-,23-20-,26-22-,29-25-,34-30+,37-32+/t41-,42+/m0/s1. The molecule has 0 aromatic heterocycles. The van der Waals surface area contributed by atoms with Gasteiger partial charge in [-0.3, -0.25) is 13.8 Å². The Morgan fingerprint density at radius 3 is 1.92 bits per heavy atom. The average molecular weight is 766 g/mol. The second-order valence-electron chi connectivity index (χ2n) is 13.4. The van der Waals surface area contributed by atoms with Crippen LogP contribution in [-0.4, -0.2) is 54.5 Å². The first-order chi connectivity index (χ1) is 25.8. The van der Waals surface area contributed by atoms with Gasteiger partial charge in [-0.15, -0.1) is 0 Å². The van der Waals surface area contributed by atoms with Crippen molar-refractivity contribution >= 4 is 13.8 Å². The van der Waals surface area contributed by atoms with E-state index in [0.717, 1.165) is 25.7 Å². The van der Waals surface area contributed by atoms with Gasteiger partial charge in [0.1, 0.15) is 6.61 Å². The Hall–Kier alpha value is -2.26. The zero-order valence-electron chi connectivity index (χ0n) is 33.3. The quantitative estimate of drug-likeness (QED) is 0.0140. The molecule has 0 bridgehead atoms. The summed E-state index contributed by atoms with van der Waals surface area (Å²) in [7, 11) is -4.33. The molecule has 9 nitrogen and oxygen atoms in total. The predicted octanol–water partition coefficient (Wildman–Crippen LogP) is 11.3. The van der Waals surface area contributed by atoms with E-state index in [9.17, 15) is 19.4 Å². The lowest BCUT2D eigenvalue weighted by molar-refractivity contribution is -0.153. The number of ether oxygens (including phenoxy) is 2. The minimum atomic E-state index is -4.33. The Labute approximate surface area is 323 Å². The highest BCUT2D eigenvalue weighted by atomic mass is 31.2. The lowest BCUT2D eigenvalue weighted by atomic mass is 10.1. The van der Waals surface area contributed by atoms with Crippen LogP contribution in [0.1, 0.15) is 155 Å². The number of esters is 1. The zero-order chi connectivity index (χ0) is 38.9. The van der Waals surface area contributed by atoms with Crippen LogP contribution in [0.15, 0.2) is 73.1 Å². The maximum atomic E-state index is 12.5. The molecule has 3 atom stereocenters. The molecular formula is C43H76NO8P. The number of rotatable bonds is 38. The van der Waals surface area contributed by atoms with Gasteiger partial charge in [-0.2, -0.15) is 0 Å². The monoisotopic (exact) mass is 766 g/mol. The van der Waals surface area contributed by atoms with Gasteiger partial charge in [-0.05, 0) is 83.1 Å². The van der Waals surface area contributed by atoms with E-state index in [2.05, 4.69) is 32.1 Å². The highest BCUT2D eigenvalue weighted by Crippen LogP contribution is 2.43. The Morgan fingerprint density at radius 1 is 0.679 bits per heavy atom. The van der Waals surface area contributed by atoms with E-state index in [1.54, 1.807) is 12.3 Å². The van der Waals surface area contributed by atoms with E-state index >= 15 is 0 Å². The lowest BCUT2D eigenvalue weighted by Crippen LogP contribution is -2.27. The van der Waals surface area contributed by atoms with Crippen LogP contribution in [0.5, 0.6) is 0 Å². The van der Waals surface area contributed by atoms with Gasteiger partial charge in [0, 0.05) is 13.0 Å². The molecule has 4 N–H and O–H groups in total. The van der Waals surface area contributed by atoms with Gasteiger partial charge in [0.05, 0.1) is 25.6 Å². The molecule has 1 unspecified atom stereocenters. The number of allylic oxidation sites excluding steroid dienone is 9. The first-order valence-electron chi connectivity index (χ1n) is 20.6. The van der Waals surface area contributed by atoms with E-state index in [1.165, 1.54) is 89.9 Å². The van der Waals surface area contributed by atoms with Crippen molar-refractivity contribution < 1.29 is 37.9 Å².